The molecule has 0 radical (unpaired) electrons. The predicted molar refractivity (Wildman–Crippen MR) is 100 cm³/mol. The number of likely N-dealkylation sites (N-methyl/N-ethyl adjacent to an activating group) is 1. The molecule has 0 bridgehead atoms. The van der Waals surface area contributed by atoms with E-state index in [1.807, 2.05) is 6.92 Å². The Morgan fingerprint density at radius 3 is 2.54 bits per heavy atom. The van der Waals surface area contributed by atoms with Crippen molar-refractivity contribution < 1.29 is 23.2 Å². The Morgan fingerprint density at radius 1 is 1.21 bits per heavy atom. The van der Waals surface area contributed by atoms with E-state index in [-0.39, 0.29) is 11.0 Å². The van der Waals surface area contributed by atoms with Gasteiger partial charge in [-0.3, -0.25) is 10.0 Å². The lowest BCUT2D eigenvalue weighted by molar-refractivity contribution is -0.124. The van der Waals surface area contributed by atoms with Crippen LogP contribution in [0.15, 0.2) is 6.08 Å². The highest BCUT2D eigenvalue weighted by atomic mass is 19.2. The van der Waals surface area contributed by atoms with Crippen LogP contribution in [-0.4, -0.2) is 45.2 Å². The summed E-state index contributed by atoms with van der Waals surface area (Å²) in [5, 5.41) is 8.46. The van der Waals surface area contributed by atoms with Crippen LogP contribution in [0.25, 0.3) is 17.1 Å². The highest BCUT2D eigenvalue weighted by Crippen LogP contribution is 2.29. The van der Waals surface area contributed by atoms with Crippen molar-refractivity contribution in [1.29, 1.82) is 0 Å². The second-order valence-corrected chi connectivity index (χ2v) is 6.46. The predicted octanol–water partition coefficient (Wildman–Crippen LogP) is 3.40. The number of fused-ring (bicyclic) bond motifs is 1. The zero-order chi connectivity index (χ0) is 20.8. The van der Waals surface area contributed by atoms with E-state index in [9.17, 15) is 18.0 Å². The number of carbonyl (C=O) groups excluding carboxylic acids is 1. The lowest BCUT2D eigenvalue weighted by Gasteiger charge is -2.21. The van der Waals surface area contributed by atoms with Crippen LogP contribution in [0.3, 0.4) is 0 Å². The third kappa shape index (κ3) is 4.53. The molecule has 28 heavy (non-hydrogen) atoms. The van der Waals surface area contributed by atoms with Gasteiger partial charge < -0.3 is 9.47 Å². The van der Waals surface area contributed by atoms with Crippen molar-refractivity contribution >= 4 is 23.0 Å². The van der Waals surface area contributed by atoms with E-state index in [0.29, 0.717) is 25.0 Å². The number of nitrogens with one attached hydrogen (secondary N) is 1. The van der Waals surface area contributed by atoms with E-state index in [1.165, 1.54) is 10.0 Å². The molecule has 2 aromatic rings. The van der Waals surface area contributed by atoms with Gasteiger partial charge in [-0.2, -0.15) is 0 Å². The van der Waals surface area contributed by atoms with Gasteiger partial charge in [0.05, 0.1) is 5.56 Å². The normalized spacial score (nSPS) is 11.9. The van der Waals surface area contributed by atoms with E-state index in [4.69, 9.17) is 5.21 Å². The maximum atomic E-state index is 14.8. The van der Waals surface area contributed by atoms with Crippen molar-refractivity contribution in [2.24, 2.45) is 0 Å². The molecule has 0 saturated carbocycles. The maximum absolute atomic E-state index is 14.8. The summed E-state index contributed by atoms with van der Waals surface area (Å²) >= 11 is 0. The Balaban J connectivity index is 2.44. The summed E-state index contributed by atoms with van der Waals surface area (Å²) in [5.74, 6) is -4.32. The average molecular weight is 398 g/mol. The zero-order valence-corrected chi connectivity index (χ0v) is 16.2. The van der Waals surface area contributed by atoms with Crippen molar-refractivity contribution in [1.82, 2.24) is 19.9 Å². The largest absolute Gasteiger partial charge is 0.324 e. The fourth-order valence-corrected chi connectivity index (χ4v) is 3.05. The molecular weight excluding hydrogens is 373 g/mol. The second-order valence-electron chi connectivity index (χ2n) is 6.46. The number of imidazole rings is 1. The molecule has 0 aliphatic rings. The summed E-state index contributed by atoms with van der Waals surface area (Å²) in [6, 6.07) is 0. The first-order chi connectivity index (χ1) is 13.3. The smallest absolute Gasteiger partial charge is 0.267 e. The number of hydrogen-bond acceptors (Lipinski definition) is 4. The fraction of sp³-hybridized carbons (Fsp3) is 0.474. The SMILES string of the molecule is CCCCN(CC)CCn1c(C)nc2c(F)c(C=CC(=O)NO)c(F)c(F)c21. The number of nitrogens with zero attached hydrogens (tertiary/aromatic N) is 3. The topological polar surface area (TPSA) is 70.4 Å². The van der Waals surface area contributed by atoms with E-state index in [2.05, 4.69) is 16.8 Å². The van der Waals surface area contributed by atoms with Crippen LogP contribution in [0, 0.1) is 24.4 Å². The van der Waals surface area contributed by atoms with Crippen LogP contribution in [0.5, 0.6) is 0 Å². The molecule has 0 fully saturated rings. The van der Waals surface area contributed by atoms with Gasteiger partial charge in [0.15, 0.2) is 17.5 Å². The minimum absolute atomic E-state index is 0.234. The standard InChI is InChI=1S/C19H25F3N4O2/c1-4-6-9-25(5-2)10-11-26-12(3)23-18-16(21)13(7-8-14(27)24-28)15(20)17(22)19(18)26/h7-8,28H,4-6,9-11H2,1-3H3,(H,24,27). The van der Waals surface area contributed by atoms with Gasteiger partial charge in [-0.25, -0.2) is 23.6 Å². The number of unbranched alkanes of at least 4 members (excludes halogenated alkanes) is 1. The van der Waals surface area contributed by atoms with Crippen molar-refractivity contribution in [3.05, 3.63) is 34.9 Å². The molecule has 154 valence electrons. The van der Waals surface area contributed by atoms with Crippen molar-refractivity contribution in [3.8, 4) is 0 Å². The lowest BCUT2D eigenvalue weighted by atomic mass is 10.1. The van der Waals surface area contributed by atoms with Crippen molar-refractivity contribution in [2.75, 3.05) is 19.6 Å². The van der Waals surface area contributed by atoms with Gasteiger partial charge in [0, 0.05) is 19.2 Å². The van der Waals surface area contributed by atoms with Crippen LogP contribution in [-0.2, 0) is 11.3 Å². The summed E-state index contributed by atoms with van der Waals surface area (Å²) in [6.07, 6.45) is 3.55. The van der Waals surface area contributed by atoms with E-state index in [1.54, 1.807) is 6.92 Å². The summed E-state index contributed by atoms with van der Waals surface area (Å²) in [6.45, 7) is 8.38. The minimum Gasteiger partial charge on any atom is -0.324 e. The molecular formula is C19H25F3N4O2. The van der Waals surface area contributed by atoms with Gasteiger partial charge in [-0.05, 0) is 32.5 Å². The third-order valence-corrected chi connectivity index (χ3v) is 4.67. The molecule has 1 aromatic carbocycles. The third-order valence-electron chi connectivity index (χ3n) is 4.67. The van der Waals surface area contributed by atoms with Crippen molar-refractivity contribution in [2.45, 2.75) is 40.2 Å². The van der Waals surface area contributed by atoms with Crippen LogP contribution in [0.4, 0.5) is 13.2 Å². The zero-order valence-electron chi connectivity index (χ0n) is 16.2. The van der Waals surface area contributed by atoms with E-state index < -0.39 is 28.9 Å². The van der Waals surface area contributed by atoms with Crippen LogP contribution < -0.4 is 5.48 Å². The monoisotopic (exact) mass is 398 g/mol. The fourth-order valence-electron chi connectivity index (χ4n) is 3.05. The second kappa shape index (κ2) is 9.70. The molecule has 0 spiro atoms. The number of aryl methyl sites for hydroxylation is 1. The maximum Gasteiger partial charge on any atom is 0.267 e. The molecule has 1 aromatic heterocycles. The molecule has 6 nitrogen and oxygen atoms in total. The minimum atomic E-state index is -1.41. The molecule has 0 aliphatic heterocycles. The van der Waals surface area contributed by atoms with Gasteiger partial charge in [-0.1, -0.05) is 20.3 Å². The number of rotatable bonds is 9. The van der Waals surface area contributed by atoms with Crippen LogP contribution in [0.1, 0.15) is 38.1 Å². The number of benzene rings is 1. The van der Waals surface area contributed by atoms with Gasteiger partial charge >= 0.3 is 0 Å². The molecule has 0 aliphatic carbocycles. The Labute approximate surface area is 161 Å². The Bertz CT molecular complexity index is 880. The van der Waals surface area contributed by atoms with Crippen LogP contribution in [0.2, 0.25) is 0 Å². The van der Waals surface area contributed by atoms with Gasteiger partial charge in [0.2, 0.25) is 0 Å². The number of aromatic nitrogens is 2. The summed E-state index contributed by atoms with van der Waals surface area (Å²) < 4.78 is 45.4. The Morgan fingerprint density at radius 2 is 1.93 bits per heavy atom. The van der Waals surface area contributed by atoms with Gasteiger partial charge in [0.1, 0.15) is 16.9 Å². The molecule has 0 atom stereocenters. The number of hydroxylamine groups is 1. The first-order valence-corrected chi connectivity index (χ1v) is 9.23. The number of carbonyl (C=O) groups is 1. The summed E-state index contributed by atoms with van der Waals surface area (Å²) in [7, 11) is 0. The highest BCUT2D eigenvalue weighted by molar-refractivity contribution is 5.92. The molecule has 2 rings (SSSR count). The summed E-state index contributed by atoms with van der Waals surface area (Å²) in [5.41, 5.74) is 0.0442. The first-order valence-electron chi connectivity index (χ1n) is 9.23. The Hall–Kier alpha value is -2.39. The average Bonchev–Trinajstić information content (AvgIpc) is 3.02. The first kappa shape index (κ1) is 21.9. The molecule has 0 unspecified atom stereocenters. The van der Waals surface area contributed by atoms with Gasteiger partial charge in [-0.15, -0.1) is 0 Å². The van der Waals surface area contributed by atoms with E-state index >= 15 is 0 Å². The molecule has 1 amide bonds. The summed E-state index contributed by atoms with van der Waals surface area (Å²) in [4.78, 5) is 17.3. The molecule has 1 heterocycles. The Kier molecular flexibility index (Phi) is 7.59. The molecule has 2 N–H and O–H groups in total. The van der Waals surface area contributed by atoms with E-state index in [0.717, 1.165) is 32.0 Å². The highest BCUT2D eigenvalue weighted by Gasteiger charge is 2.24. The molecule has 9 heteroatoms. The molecule has 0 saturated heterocycles. The van der Waals surface area contributed by atoms with Crippen LogP contribution >= 0.6 is 0 Å². The van der Waals surface area contributed by atoms with Crippen molar-refractivity contribution in [3.63, 3.8) is 0 Å². The quantitative estimate of drug-likeness (QED) is 0.294. The van der Waals surface area contributed by atoms with Gasteiger partial charge in [0.25, 0.3) is 5.91 Å². The lowest BCUT2D eigenvalue weighted by Crippen LogP contribution is -2.28. The number of amides is 1. The number of halogens is 3. The number of hydrogen-bond donors (Lipinski definition) is 2.